The fourth-order valence-electron chi connectivity index (χ4n) is 2.95. The standard InChI is InChI=1S/C17H28N2O/c1-3-12-19(14-16-9-7-11-18-16)13-15-8-5-6-10-17(15)20-4-2/h5-6,8,10,16,18H,3-4,7,9,11-14H2,1-2H3. The Hall–Kier alpha value is -1.06. The Morgan fingerprint density at radius 3 is 2.85 bits per heavy atom. The van der Waals surface area contributed by atoms with E-state index in [4.69, 9.17) is 4.74 Å². The smallest absolute Gasteiger partial charge is 0.123 e. The van der Waals surface area contributed by atoms with Gasteiger partial charge in [0, 0.05) is 24.7 Å². The number of nitrogens with one attached hydrogen (secondary N) is 1. The normalized spacial score (nSPS) is 18.6. The van der Waals surface area contributed by atoms with Crippen LogP contribution in [0.15, 0.2) is 24.3 Å². The highest BCUT2D eigenvalue weighted by Crippen LogP contribution is 2.20. The summed E-state index contributed by atoms with van der Waals surface area (Å²) in [5.74, 6) is 1.04. The molecule has 0 amide bonds. The van der Waals surface area contributed by atoms with E-state index in [2.05, 4.69) is 41.4 Å². The van der Waals surface area contributed by atoms with Gasteiger partial charge in [-0.1, -0.05) is 25.1 Å². The van der Waals surface area contributed by atoms with Gasteiger partial charge in [-0.25, -0.2) is 0 Å². The summed E-state index contributed by atoms with van der Waals surface area (Å²) in [6, 6.07) is 9.10. The van der Waals surface area contributed by atoms with Gasteiger partial charge in [-0.3, -0.25) is 4.90 Å². The second-order valence-corrected chi connectivity index (χ2v) is 5.57. The van der Waals surface area contributed by atoms with Gasteiger partial charge in [0.05, 0.1) is 6.61 Å². The number of hydrogen-bond donors (Lipinski definition) is 1. The molecule has 1 saturated heterocycles. The maximum absolute atomic E-state index is 5.74. The van der Waals surface area contributed by atoms with Crippen LogP contribution in [0.5, 0.6) is 5.75 Å². The van der Waals surface area contributed by atoms with E-state index in [0.29, 0.717) is 6.04 Å². The number of nitrogens with zero attached hydrogens (tertiary/aromatic N) is 1. The third-order valence-corrected chi connectivity index (χ3v) is 3.85. The van der Waals surface area contributed by atoms with Crippen molar-refractivity contribution in [3.8, 4) is 5.75 Å². The highest BCUT2D eigenvalue weighted by atomic mass is 16.5. The predicted octanol–water partition coefficient (Wildman–Crippen LogP) is 3.05. The number of rotatable bonds is 8. The fourth-order valence-corrected chi connectivity index (χ4v) is 2.95. The monoisotopic (exact) mass is 276 g/mol. The lowest BCUT2D eigenvalue weighted by Gasteiger charge is -2.26. The van der Waals surface area contributed by atoms with E-state index in [9.17, 15) is 0 Å². The molecule has 1 atom stereocenters. The number of ether oxygens (including phenoxy) is 1. The Morgan fingerprint density at radius 2 is 2.15 bits per heavy atom. The quantitative estimate of drug-likeness (QED) is 0.790. The van der Waals surface area contributed by atoms with Crippen molar-refractivity contribution in [3.63, 3.8) is 0 Å². The molecule has 0 spiro atoms. The van der Waals surface area contributed by atoms with Crippen LogP contribution in [-0.4, -0.2) is 37.2 Å². The lowest BCUT2D eigenvalue weighted by atomic mass is 10.1. The summed E-state index contributed by atoms with van der Waals surface area (Å²) in [6.45, 7) is 9.50. The summed E-state index contributed by atoms with van der Waals surface area (Å²) < 4.78 is 5.74. The Morgan fingerprint density at radius 1 is 1.30 bits per heavy atom. The van der Waals surface area contributed by atoms with Crippen LogP contribution in [0, 0.1) is 0 Å². The second kappa shape index (κ2) is 8.28. The number of benzene rings is 1. The highest BCUT2D eigenvalue weighted by Gasteiger charge is 2.18. The first kappa shape index (κ1) is 15.3. The van der Waals surface area contributed by atoms with Crippen LogP contribution >= 0.6 is 0 Å². The second-order valence-electron chi connectivity index (χ2n) is 5.57. The summed E-state index contributed by atoms with van der Waals surface area (Å²) in [6.07, 6.45) is 3.83. The molecule has 1 heterocycles. The molecule has 3 heteroatoms. The average molecular weight is 276 g/mol. The predicted molar refractivity (Wildman–Crippen MR) is 84.2 cm³/mol. The molecule has 1 aromatic carbocycles. The van der Waals surface area contributed by atoms with Gasteiger partial charge in [0.2, 0.25) is 0 Å². The summed E-state index contributed by atoms with van der Waals surface area (Å²) in [4.78, 5) is 2.56. The van der Waals surface area contributed by atoms with Crippen LogP contribution < -0.4 is 10.1 Å². The zero-order valence-corrected chi connectivity index (χ0v) is 12.9. The molecule has 1 unspecified atom stereocenters. The van der Waals surface area contributed by atoms with Gasteiger partial charge in [0.15, 0.2) is 0 Å². The topological polar surface area (TPSA) is 24.5 Å². The third kappa shape index (κ3) is 4.50. The first-order valence-corrected chi connectivity index (χ1v) is 8.00. The lowest BCUT2D eigenvalue weighted by Crippen LogP contribution is -2.37. The largest absolute Gasteiger partial charge is 0.494 e. The number of hydrogen-bond acceptors (Lipinski definition) is 3. The Kier molecular flexibility index (Phi) is 6.34. The van der Waals surface area contributed by atoms with Crippen molar-refractivity contribution in [2.45, 2.75) is 45.7 Å². The first-order chi connectivity index (χ1) is 9.83. The molecule has 1 aromatic rings. The molecule has 1 aliphatic heterocycles. The third-order valence-electron chi connectivity index (χ3n) is 3.85. The van der Waals surface area contributed by atoms with Crippen LogP contribution in [0.2, 0.25) is 0 Å². The summed E-state index contributed by atoms with van der Waals surface area (Å²) >= 11 is 0. The molecule has 1 fully saturated rings. The van der Waals surface area contributed by atoms with Gasteiger partial charge < -0.3 is 10.1 Å². The minimum Gasteiger partial charge on any atom is -0.494 e. The van der Waals surface area contributed by atoms with E-state index in [1.54, 1.807) is 0 Å². The van der Waals surface area contributed by atoms with Crippen molar-refractivity contribution in [1.82, 2.24) is 10.2 Å². The molecule has 112 valence electrons. The van der Waals surface area contributed by atoms with Crippen molar-refractivity contribution in [2.75, 3.05) is 26.2 Å². The van der Waals surface area contributed by atoms with Gasteiger partial charge in [0.25, 0.3) is 0 Å². The molecule has 1 N–H and O–H groups in total. The Balaban J connectivity index is 1.99. The van der Waals surface area contributed by atoms with Crippen molar-refractivity contribution in [1.29, 1.82) is 0 Å². The van der Waals surface area contributed by atoms with Gasteiger partial charge in [0.1, 0.15) is 5.75 Å². The molecule has 2 rings (SSSR count). The van der Waals surface area contributed by atoms with Crippen molar-refractivity contribution in [2.24, 2.45) is 0 Å². The van der Waals surface area contributed by atoms with E-state index >= 15 is 0 Å². The maximum Gasteiger partial charge on any atom is 0.123 e. The minimum atomic E-state index is 0.667. The SMILES string of the molecule is CCCN(Cc1ccccc1OCC)CC1CCCN1. The van der Waals surface area contributed by atoms with Crippen LogP contribution in [0.25, 0.3) is 0 Å². The minimum absolute atomic E-state index is 0.667. The average Bonchev–Trinajstić information content (AvgIpc) is 2.94. The molecule has 0 bridgehead atoms. The van der Waals surface area contributed by atoms with Gasteiger partial charge in [-0.15, -0.1) is 0 Å². The Labute approximate surface area is 123 Å². The van der Waals surface area contributed by atoms with Gasteiger partial charge >= 0.3 is 0 Å². The van der Waals surface area contributed by atoms with Crippen LogP contribution in [0.1, 0.15) is 38.7 Å². The van der Waals surface area contributed by atoms with Crippen LogP contribution in [0.3, 0.4) is 0 Å². The zero-order valence-electron chi connectivity index (χ0n) is 12.9. The summed E-state index contributed by atoms with van der Waals surface area (Å²) in [5, 5.41) is 3.60. The van der Waals surface area contributed by atoms with E-state index in [0.717, 1.165) is 32.0 Å². The molecule has 20 heavy (non-hydrogen) atoms. The molecule has 0 aliphatic carbocycles. The van der Waals surface area contributed by atoms with Crippen LogP contribution in [0.4, 0.5) is 0 Å². The maximum atomic E-state index is 5.74. The van der Waals surface area contributed by atoms with Gasteiger partial charge in [-0.2, -0.15) is 0 Å². The molecular formula is C17H28N2O. The van der Waals surface area contributed by atoms with E-state index in [-0.39, 0.29) is 0 Å². The Bertz CT molecular complexity index is 388. The van der Waals surface area contributed by atoms with E-state index in [1.807, 2.05) is 6.92 Å². The molecular weight excluding hydrogens is 248 g/mol. The summed E-state index contributed by atoms with van der Waals surface area (Å²) in [5.41, 5.74) is 1.31. The summed E-state index contributed by atoms with van der Waals surface area (Å²) in [7, 11) is 0. The number of para-hydroxylation sites is 1. The molecule has 1 aliphatic rings. The van der Waals surface area contributed by atoms with Crippen molar-refractivity contribution in [3.05, 3.63) is 29.8 Å². The van der Waals surface area contributed by atoms with E-state index in [1.165, 1.54) is 31.4 Å². The molecule has 0 radical (unpaired) electrons. The van der Waals surface area contributed by atoms with Crippen molar-refractivity contribution < 1.29 is 4.74 Å². The van der Waals surface area contributed by atoms with Crippen molar-refractivity contribution >= 4 is 0 Å². The lowest BCUT2D eigenvalue weighted by molar-refractivity contribution is 0.236. The zero-order chi connectivity index (χ0) is 14.2. The van der Waals surface area contributed by atoms with E-state index < -0.39 is 0 Å². The van der Waals surface area contributed by atoms with Crippen LogP contribution in [-0.2, 0) is 6.54 Å². The molecule has 0 aromatic heterocycles. The fraction of sp³-hybridized carbons (Fsp3) is 0.647. The molecule has 3 nitrogen and oxygen atoms in total. The van der Waals surface area contributed by atoms with Gasteiger partial charge in [-0.05, 0) is 45.3 Å². The first-order valence-electron chi connectivity index (χ1n) is 8.00. The highest BCUT2D eigenvalue weighted by molar-refractivity contribution is 5.33. The molecule has 0 saturated carbocycles.